The Kier molecular flexibility index (Phi) is 7.65. The van der Waals surface area contributed by atoms with Crippen LogP contribution in [-0.4, -0.2) is 60.9 Å². The van der Waals surface area contributed by atoms with E-state index in [1.54, 1.807) is 0 Å². The van der Waals surface area contributed by atoms with E-state index in [1.807, 2.05) is 12.1 Å². The van der Waals surface area contributed by atoms with Gasteiger partial charge in [0.15, 0.2) is 0 Å². The lowest BCUT2D eigenvalue weighted by molar-refractivity contribution is -0.133. The van der Waals surface area contributed by atoms with Gasteiger partial charge in [0.05, 0.1) is 0 Å². The summed E-state index contributed by atoms with van der Waals surface area (Å²) in [7, 11) is 0. The van der Waals surface area contributed by atoms with E-state index >= 15 is 0 Å². The first-order chi connectivity index (χ1) is 15.1. The molecular weight excluding hydrogens is 386 g/mol. The number of likely N-dealkylation sites (tertiary alicyclic amines) is 2. The topological polar surface area (TPSA) is 52.7 Å². The average molecular weight is 426 g/mol. The monoisotopic (exact) mass is 425 g/mol. The second-order valence-electron chi connectivity index (χ2n) is 9.87. The Labute approximate surface area is 187 Å². The molecule has 0 atom stereocenters. The molecule has 1 N–H and O–H groups in total. The van der Waals surface area contributed by atoms with Crippen molar-refractivity contribution in [2.24, 2.45) is 17.8 Å². The second kappa shape index (κ2) is 10.6. The number of carbonyl (C=O) groups is 2. The van der Waals surface area contributed by atoms with Crippen LogP contribution in [0, 0.1) is 17.8 Å². The molecule has 5 nitrogen and oxygen atoms in total. The lowest BCUT2D eigenvalue weighted by Gasteiger charge is -2.32. The van der Waals surface area contributed by atoms with E-state index in [2.05, 4.69) is 34.2 Å². The van der Waals surface area contributed by atoms with Gasteiger partial charge in [-0.3, -0.25) is 9.59 Å². The third kappa shape index (κ3) is 6.31. The van der Waals surface area contributed by atoms with Crippen molar-refractivity contribution in [2.45, 2.75) is 58.3 Å². The van der Waals surface area contributed by atoms with Gasteiger partial charge in [0.2, 0.25) is 5.91 Å². The first-order valence-corrected chi connectivity index (χ1v) is 12.5. The smallest absolute Gasteiger partial charge is 0.251 e. The number of hydrogen-bond acceptors (Lipinski definition) is 3. The largest absolute Gasteiger partial charge is 0.352 e. The summed E-state index contributed by atoms with van der Waals surface area (Å²) >= 11 is 0. The Hall–Kier alpha value is -1.88. The standard InChI is InChI=1S/C26H39N3O2/c1-2-28-15-10-20(11-16-28)9-14-27-25(30)23-5-3-21(4-6-23)19-22-12-17-29(18-13-22)26(31)24-7-8-24/h3-6,20,22,24H,2,7-19H2,1H3,(H,27,30). The van der Waals surface area contributed by atoms with Crippen molar-refractivity contribution in [2.75, 3.05) is 39.3 Å². The molecule has 0 radical (unpaired) electrons. The normalized spacial score (nSPS) is 21.3. The van der Waals surface area contributed by atoms with Gasteiger partial charge >= 0.3 is 0 Å². The molecule has 5 heteroatoms. The van der Waals surface area contributed by atoms with E-state index in [1.165, 1.54) is 31.5 Å². The van der Waals surface area contributed by atoms with E-state index < -0.39 is 0 Å². The minimum absolute atomic E-state index is 0.0458. The molecule has 1 saturated carbocycles. The summed E-state index contributed by atoms with van der Waals surface area (Å²) in [5.74, 6) is 2.16. The summed E-state index contributed by atoms with van der Waals surface area (Å²) < 4.78 is 0. The van der Waals surface area contributed by atoms with Crippen molar-refractivity contribution in [1.29, 1.82) is 0 Å². The quantitative estimate of drug-likeness (QED) is 0.690. The fourth-order valence-corrected chi connectivity index (χ4v) is 5.15. The third-order valence-electron chi connectivity index (χ3n) is 7.59. The summed E-state index contributed by atoms with van der Waals surface area (Å²) in [5, 5.41) is 3.11. The van der Waals surface area contributed by atoms with Gasteiger partial charge in [-0.2, -0.15) is 0 Å². The maximum Gasteiger partial charge on any atom is 0.251 e. The second-order valence-corrected chi connectivity index (χ2v) is 9.87. The lowest BCUT2D eigenvalue weighted by atomic mass is 9.89. The van der Waals surface area contributed by atoms with Gasteiger partial charge in [-0.25, -0.2) is 0 Å². The fraction of sp³-hybridized carbons (Fsp3) is 0.692. The summed E-state index contributed by atoms with van der Waals surface area (Å²) in [6.07, 6.45) is 9.02. The average Bonchev–Trinajstić information content (AvgIpc) is 3.65. The van der Waals surface area contributed by atoms with Gasteiger partial charge in [-0.05, 0) is 101 Å². The van der Waals surface area contributed by atoms with Crippen LogP contribution in [0.15, 0.2) is 24.3 Å². The Morgan fingerprint density at radius 1 is 0.903 bits per heavy atom. The minimum atomic E-state index is 0.0458. The molecule has 0 bridgehead atoms. The van der Waals surface area contributed by atoms with Crippen molar-refractivity contribution >= 4 is 11.8 Å². The van der Waals surface area contributed by atoms with E-state index in [9.17, 15) is 9.59 Å². The number of rotatable bonds is 8. The van der Waals surface area contributed by atoms with Crippen molar-refractivity contribution in [3.05, 3.63) is 35.4 Å². The predicted octanol–water partition coefficient (Wildman–Crippen LogP) is 3.73. The van der Waals surface area contributed by atoms with Gasteiger partial charge in [0.25, 0.3) is 5.91 Å². The van der Waals surface area contributed by atoms with Crippen LogP contribution in [0.4, 0.5) is 0 Å². The highest BCUT2D eigenvalue weighted by Crippen LogP contribution is 2.33. The molecule has 1 aromatic carbocycles. The fourth-order valence-electron chi connectivity index (χ4n) is 5.15. The number of carbonyl (C=O) groups excluding carboxylic acids is 2. The molecule has 2 amide bonds. The van der Waals surface area contributed by atoms with Crippen molar-refractivity contribution in [3.63, 3.8) is 0 Å². The van der Waals surface area contributed by atoms with Gasteiger partial charge in [0, 0.05) is 31.1 Å². The van der Waals surface area contributed by atoms with Crippen LogP contribution in [0.1, 0.15) is 67.8 Å². The van der Waals surface area contributed by atoms with Crippen LogP contribution >= 0.6 is 0 Å². The van der Waals surface area contributed by atoms with E-state index in [0.717, 1.165) is 76.2 Å². The molecule has 4 rings (SSSR count). The molecule has 2 heterocycles. The molecule has 1 aliphatic carbocycles. The predicted molar refractivity (Wildman–Crippen MR) is 124 cm³/mol. The van der Waals surface area contributed by atoms with Gasteiger partial charge < -0.3 is 15.1 Å². The van der Waals surface area contributed by atoms with Crippen LogP contribution < -0.4 is 5.32 Å². The highest BCUT2D eigenvalue weighted by Gasteiger charge is 2.34. The van der Waals surface area contributed by atoms with Crippen molar-refractivity contribution in [1.82, 2.24) is 15.1 Å². The number of nitrogens with one attached hydrogen (secondary N) is 1. The minimum Gasteiger partial charge on any atom is -0.352 e. The lowest BCUT2D eigenvalue weighted by Crippen LogP contribution is -2.39. The highest BCUT2D eigenvalue weighted by atomic mass is 16.2. The Morgan fingerprint density at radius 3 is 2.16 bits per heavy atom. The number of benzene rings is 1. The number of amides is 2. The first-order valence-electron chi connectivity index (χ1n) is 12.5. The molecule has 0 unspecified atom stereocenters. The number of nitrogens with zero attached hydrogens (tertiary/aromatic N) is 2. The van der Waals surface area contributed by atoms with Gasteiger partial charge in [0.1, 0.15) is 0 Å². The Morgan fingerprint density at radius 2 is 1.55 bits per heavy atom. The molecule has 2 saturated heterocycles. The molecule has 1 aromatic rings. The maximum atomic E-state index is 12.5. The number of hydrogen-bond donors (Lipinski definition) is 1. The first kappa shape index (κ1) is 22.3. The van der Waals surface area contributed by atoms with E-state index in [0.29, 0.717) is 17.7 Å². The summed E-state index contributed by atoms with van der Waals surface area (Å²) in [5.41, 5.74) is 2.06. The number of piperidine rings is 2. The zero-order valence-corrected chi connectivity index (χ0v) is 19.2. The SMILES string of the molecule is CCN1CCC(CCNC(=O)c2ccc(CC3CCN(C(=O)C4CC4)CC3)cc2)CC1. The van der Waals surface area contributed by atoms with Crippen LogP contribution in [0.3, 0.4) is 0 Å². The molecule has 0 aromatic heterocycles. The molecule has 0 spiro atoms. The molecule has 170 valence electrons. The van der Waals surface area contributed by atoms with Crippen LogP contribution in [0.2, 0.25) is 0 Å². The van der Waals surface area contributed by atoms with Crippen LogP contribution in [-0.2, 0) is 11.2 Å². The van der Waals surface area contributed by atoms with E-state index in [-0.39, 0.29) is 5.91 Å². The van der Waals surface area contributed by atoms with Crippen LogP contribution in [0.25, 0.3) is 0 Å². The third-order valence-corrected chi connectivity index (χ3v) is 7.59. The Balaban J connectivity index is 1.15. The van der Waals surface area contributed by atoms with Crippen molar-refractivity contribution < 1.29 is 9.59 Å². The summed E-state index contributed by atoms with van der Waals surface area (Å²) in [4.78, 5) is 29.3. The summed E-state index contributed by atoms with van der Waals surface area (Å²) in [6.45, 7) is 8.38. The maximum absolute atomic E-state index is 12.5. The van der Waals surface area contributed by atoms with Crippen LogP contribution in [0.5, 0.6) is 0 Å². The Bertz CT molecular complexity index is 728. The molecule has 2 aliphatic heterocycles. The van der Waals surface area contributed by atoms with E-state index in [4.69, 9.17) is 0 Å². The molecule has 31 heavy (non-hydrogen) atoms. The van der Waals surface area contributed by atoms with Gasteiger partial charge in [-0.15, -0.1) is 0 Å². The van der Waals surface area contributed by atoms with Crippen molar-refractivity contribution in [3.8, 4) is 0 Å². The molecule has 3 fully saturated rings. The zero-order chi connectivity index (χ0) is 21.6. The summed E-state index contributed by atoms with van der Waals surface area (Å²) in [6, 6.07) is 8.15. The zero-order valence-electron chi connectivity index (χ0n) is 19.2. The molecule has 3 aliphatic rings. The highest BCUT2D eigenvalue weighted by molar-refractivity contribution is 5.94. The molecular formula is C26H39N3O2. The van der Waals surface area contributed by atoms with Gasteiger partial charge in [-0.1, -0.05) is 19.1 Å².